The summed E-state index contributed by atoms with van der Waals surface area (Å²) in [6, 6.07) is 0. The third kappa shape index (κ3) is 1.73. The van der Waals surface area contributed by atoms with Crippen LogP contribution in [0.25, 0.3) is 0 Å². The van der Waals surface area contributed by atoms with Crippen LogP contribution in [0.1, 0.15) is 65.2 Å². The molecule has 2 nitrogen and oxygen atoms in total. The predicted octanol–water partition coefficient (Wildman–Crippen LogP) is 4.33. The molecule has 0 bridgehead atoms. The van der Waals surface area contributed by atoms with Gasteiger partial charge in [-0.1, -0.05) is 26.0 Å². The van der Waals surface area contributed by atoms with E-state index in [2.05, 4.69) is 20.4 Å². The summed E-state index contributed by atoms with van der Waals surface area (Å²) in [5.41, 5.74) is 1.50. The highest BCUT2D eigenvalue weighted by Gasteiger charge is 2.60. The van der Waals surface area contributed by atoms with Gasteiger partial charge in [-0.15, -0.1) is 0 Å². The topological polar surface area (TPSA) is 34.1 Å². The molecule has 0 aromatic heterocycles. The van der Waals surface area contributed by atoms with Crippen LogP contribution >= 0.6 is 0 Å². The fourth-order valence-corrected chi connectivity index (χ4v) is 6.81. The fourth-order valence-electron chi connectivity index (χ4n) is 6.81. The SMILES string of the molecule is C=C1C[C@@H]2[C@H](CC[C@]3(C)C(=O)CC[C@@H]23)[C@@]2(C)CCC(=O)CC12. The maximum Gasteiger partial charge on any atom is 0.139 e. The lowest BCUT2D eigenvalue weighted by Gasteiger charge is -2.59. The lowest BCUT2D eigenvalue weighted by molar-refractivity contribution is -0.138. The third-order valence-corrected chi connectivity index (χ3v) is 8.15. The minimum atomic E-state index is -0.0604. The summed E-state index contributed by atoms with van der Waals surface area (Å²) < 4.78 is 0. The smallest absolute Gasteiger partial charge is 0.139 e. The average molecular weight is 300 g/mol. The van der Waals surface area contributed by atoms with Crippen LogP contribution in [0.3, 0.4) is 0 Å². The van der Waals surface area contributed by atoms with Crippen LogP contribution in [0.5, 0.6) is 0 Å². The largest absolute Gasteiger partial charge is 0.300 e. The molecular weight excluding hydrogens is 272 g/mol. The Labute approximate surface area is 133 Å². The molecule has 4 fully saturated rings. The summed E-state index contributed by atoms with van der Waals surface area (Å²) in [6.45, 7) is 9.04. The number of hydrogen-bond acceptors (Lipinski definition) is 2. The van der Waals surface area contributed by atoms with E-state index in [-0.39, 0.29) is 10.8 Å². The maximum atomic E-state index is 12.4. The highest BCUT2D eigenvalue weighted by Crippen LogP contribution is 2.66. The number of fused-ring (bicyclic) bond motifs is 5. The summed E-state index contributed by atoms with van der Waals surface area (Å²) in [6.07, 6.45) is 7.70. The van der Waals surface area contributed by atoms with Crippen LogP contribution in [0, 0.1) is 34.5 Å². The average Bonchev–Trinajstić information content (AvgIpc) is 2.77. The van der Waals surface area contributed by atoms with Crippen molar-refractivity contribution >= 4 is 11.6 Å². The van der Waals surface area contributed by atoms with Crippen LogP contribution in [0.2, 0.25) is 0 Å². The number of allylic oxidation sites excluding steroid dienone is 1. The van der Waals surface area contributed by atoms with Crippen LogP contribution in [0.15, 0.2) is 12.2 Å². The number of ketones is 2. The molecule has 0 aromatic rings. The van der Waals surface area contributed by atoms with Crippen molar-refractivity contribution in [2.45, 2.75) is 65.2 Å². The van der Waals surface area contributed by atoms with Gasteiger partial charge in [0.25, 0.3) is 0 Å². The van der Waals surface area contributed by atoms with E-state index in [0.717, 1.165) is 44.9 Å². The first-order valence-electron chi connectivity index (χ1n) is 9.09. The molecule has 0 N–H and O–H groups in total. The van der Waals surface area contributed by atoms with Gasteiger partial charge in [-0.25, -0.2) is 0 Å². The van der Waals surface area contributed by atoms with Crippen molar-refractivity contribution in [1.29, 1.82) is 0 Å². The third-order valence-electron chi connectivity index (χ3n) is 8.15. The Hall–Kier alpha value is -0.920. The van der Waals surface area contributed by atoms with E-state index in [1.54, 1.807) is 0 Å². The monoisotopic (exact) mass is 300 g/mol. The van der Waals surface area contributed by atoms with Gasteiger partial charge in [-0.3, -0.25) is 9.59 Å². The minimum absolute atomic E-state index is 0.0604. The molecule has 4 rings (SSSR count). The molecule has 22 heavy (non-hydrogen) atoms. The molecule has 0 saturated heterocycles. The summed E-state index contributed by atoms with van der Waals surface area (Å²) in [7, 11) is 0. The van der Waals surface area contributed by atoms with E-state index in [9.17, 15) is 9.59 Å². The van der Waals surface area contributed by atoms with Gasteiger partial charge in [-0.05, 0) is 61.2 Å². The maximum absolute atomic E-state index is 12.4. The Bertz CT molecular complexity index is 562. The molecule has 0 spiro atoms. The molecule has 4 aliphatic rings. The molecule has 4 aliphatic carbocycles. The first-order valence-corrected chi connectivity index (χ1v) is 9.09. The molecule has 0 radical (unpaired) electrons. The molecule has 0 aromatic carbocycles. The first kappa shape index (κ1) is 14.7. The van der Waals surface area contributed by atoms with Crippen LogP contribution in [0.4, 0.5) is 0 Å². The fraction of sp³-hybridized carbons (Fsp3) is 0.800. The Balaban J connectivity index is 1.71. The second-order valence-electron chi connectivity index (χ2n) is 8.96. The second kappa shape index (κ2) is 4.55. The number of carbonyl (C=O) groups excluding carboxylic acids is 2. The first-order chi connectivity index (χ1) is 10.4. The molecule has 2 heteroatoms. The van der Waals surface area contributed by atoms with E-state index in [4.69, 9.17) is 0 Å². The summed E-state index contributed by atoms with van der Waals surface area (Å²) >= 11 is 0. The van der Waals surface area contributed by atoms with Gasteiger partial charge in [0.2, 0.25) is 0 Å². The molecule has 0 aliphatic heterocycles. The van der Waals surface area contributed by atoms with Crippen molar-refractivity contribution in [1.82, 2.24) is 0 Å². The zero-order chi connectivity index (χ0) is 15.7. The minimum Gasteiger partial charge on any atom is -0.300 e. The van der Waals surface area contributed by atoms with Crippen molar-refractivity contribution in [2.24, 2.45) is 34.5 Å². The Morgan fingerprint density at radius 3 is 2.55 bits per heavy atom. The number of hydrogen-bond donors (Lipinski definition) is 0. The van der Waals surface area contributed by atoms with Crippen molar-refractivity contribution < 1.29 is 9.59 Å². The van der Waals surface area contributed by atoms with Crippen LogP contribution < -0.4 is 0 Å². The summed E-state index contributed by atoms with van der Waals surface area (Å²) in [5.74, 6) is 3.22. The van der Waals surface area contributed by atoms with Gasteiger partial charge in [-0.2, -0.15) is 0 Å². The molecule has 120 valence electrons. The van der Waals surface area contributed by atoms with Gasteiger partial charge >= 0.3 is 0 Å². The van der Waals surface area contributed by atoms with Crippen LogP contribution in [-0.4, -0.2) is 11.6 Å². The van der Waals surface area contributed by atoms with E-state index in [1.807, 2.05) is 0 Å². The lowest BCUT2D eigenvalue weighted by Crippen LogP contribution is -2.54. The summed E-state index contributed by atoms with van der Waals surface area (Å²) in [4.78, 5) is 24.4. The van der Waals surface area contributed by atoms with Gasteiger partial charge in [0.05, 0.1) is 0 Å². The van der Waals surface area contributed by atoms with E-state index >= 15 is 0 Å². The van der Waals surface area contributed by atoms with Crippen molar-refractivity contribution in [3.8, 4) is 0 Å². The van der Waals surface area contributed by atoms with E-state index in [0.29, 0.717) is 35.2 Å². The van der Waals surface area contributed by atoms with Gasteiger partial charge < -0.3 is 0 Å². The number of carbonyl (C=O) groups is 2. The van der Waals surface area contributed by atoms with Gasteiger partial charge in [0, 0.05) is 24.7 Å². The highest BCUT2D eigenvalue weighted by molar-refractivity contribution is 5.87. The number of rotatable bonds is 0. The zero-order valence-corrected chi connectivity index (χ0v) is 14.0. The van der Waals surface area contributed by atoms with Crippen molar-refractivity contribution in [3.63, 3.8) is 0 Å². The van der Waals surface area contributed by atoms with Crippen LogP contribution in [-0.2, 0) is 9.59 Å². The normalized spacial score (nSPS) is 51.3. The van der Waals surface area contributed by atoms with Crippen molar-refractivity contribution in [3.05, 3.63) is 12.2 Å². The highest BCUT2D eigenvalue weighted by atomic mass is 16.1. The van der Waals surface area contributed by atoms with Crippen molar-refractivity contribution in [2.75, 3.05) is 0 Å². The lowest BCUT2D eigenvalue weighted by atomic mass is 9.44. The predicted molar refractivity (Wildman–Crippen MR) is 86.3 cm³/mol. The Morgan fingerprint density at radius 1 is 1.00 bits per heavy atom. The number of Topliss-reactive ketones (excluding diaryl/α,β-unsaturated/α-hetero) is 2. The Kier molecular flexibility index (Phi) is 3.03. The van der Waals surface area contributed by atoms with Gasteiger partial charge in [0.1, 0.15) is 11.6 Å². The molecule has 0 heterocycles. The van der Waals surface area contributed by atoms with E-state index < -0.39 is 0 Å². The molecule has 0 amide bonds. The van der Waals surface area contributed by atoms with E-state index in [1.165, 1.54) is 12.0 Å². The van der Waals surface area contributed by atoms with Gasteiger partial charge in [0.15, 0.2) is 0 Å². The Morgan fingerprint density at radius 2 is 1.77 bits per heavy atom. The quantitative estimate of drug-likeness (QED) is 0.624. The summed E-state index contributed by atoms with van der Waals surface area (Å²) in [5, 5.41) is 0. The molecule has 6 atom stereocenters. The molecule has 1 unspecified atom stereocenters. The molecule has 4 saturated carbocycles. The second-order valence-corrected chi connectivity index (χ2v) is 8.96. The zero-order valence-electron chi connectivity index (χ0n) is 14.0. The molecular formula is C20H28O2. The standard InChI is InChI=1S/C20H28O2/c1-12-10-14-15-4-5-18(22)20(15,3)9-7-16(14)19(2)8-6-13(21)11-17(12)19/h14-17H,1,4-11H2,2-3H3/t14-,15-,16-,17?,19+,20-/m0/s1.